The summed E-state index contributed by atoms with van der Waals surface area (Å²) in [6.45, 7) is 2.87. The van der Waals surface area contributed by atoms with E-state index in [0.29, 0.717) is 10.8 Å². The van der Waals surface area contributed by atoms with Crippen LogP contribution in [-0.2, 0) is 0 Å². The first-order valence-corrected chi connectivity index (χ1v) is 7.20. The molecular formula is C16H18ClFN2O. The molecule has 1 heterocycles. The van der Waals surface area contributed by atoms with Crippen LogP contribution < -0.4 is 10.1 Å². The molecule has 0 spiro atoms. The molecule has 0 saturated carbocycles. The van der Waals surface area contributed by atoms with Gasteiger partial charge in [0.1, 0.15) is 11.6 Å². The zero-order chi connectivity index (χ0) is 15.2. The maximum atomic E-state index is 13.5. The molecule has 5 heteroatoms. The van der Waals surface area contributed by atoms with Crippen molar-refractivity contribution < 1.29 is 9.13 Å². The van der Waals surface area contributed by atoms with Gasteiger partial charge >= 0.3 is 0 Å². The normalized spacial score (nSPS) is 12.2. The van der Waals surface area contributed by atoms with E-state index in [4.69, 9.17) is 16.3 Å². The van der Waals surface area contributed by atoms with Gasteiger partial charge in [-0.3, -0.25) is 4.98 Å². The van der Waals surface area contributed by atoms with Gasteiger partial charge in [0.25, 0.3) is 0 Å². The number of nitrogens with one attached hydrogen (secondary N) is 1. The highest BCUT2D eigenvalue weighted by atomic mass is 35.5. The second-order valence-electron chi connectivity index (χ2n) is 4.71. The predicted molar refractivity (Wildman–Crippen MR) is 82.3 cm³/mol. The van der Waals surface area contributed by atoms with Gasteiger partial charge in [0.15, 0.2) is 0 Å². The first kappa shape index (κ1) is 15.7. The van der Waals surface area contributed by atoms with Crippen LogP contribution in [0.4, 0.5) is 4.39 Å². The average molecular weight is 309 g/mol. The second-order valence-corrected chi connectivity index (χ2v) is 5.15. The fourth-order valence-corrected chi connectivity index (χ4v) is 2.37. The van der Waals surface area contributed by atoms with Gasteiger partial charge in [-0.1, -0.05) is 24.6 Å². The van der Waals surface area contributed by atoms with Crippen LogP contribution in [0.25, 0.3) is 0 Å². The quantitative estimate of drug-likeness (QED) is 0.876. The Balaban J connectivity index is 2.45. The molecule has 0 aliphatic rings. The summed E-state index contributed by atoms with van der Waals surface area (Å²) in [6.07, 6.45) is 3.82. The Morgan fingerprint density at radius 3 is 2.81 bits per heavy atom. The van der Waals surface area contributed by atoms with Crippen LogP contribution >= 0.6 is 11.6 Å². The summed E-state index contributed by atoms with van der Waals surface area (Å²) in [6, 6.07) is 6.73. The fourth-order valence-electron chi connectivity index (χ4n) is 2.21. The maximum absolute atomic E-state index is 13.5. The third-order valence-electron chi connectivity index (χ3n) is 3.16. The minimum absolute atomic E-state index is 0.194. The number of aromatic nitrogens is 1. The topological polar surface area (TPSA) is 34.2 Å². The van der Waals surface area contributed by atoms with E-state index < -0.39 is 0 Å². The van der Waals surface area contributed by atoms with Crippen molar-refractivity contribution >= 4 is 11.6 Å². The molecule has 0 aliphatic heterocycles. The predicted octanol–water partition coefficient (Wildman–Crippen LogP) is 3.97. The van der Waals surface area contributed by atoms with E-state index in [1.54, 1.807) is 25.4 Å². The van der Waals surface area contributed by atoms with E-state index in [0.717, 1.165) is 24.1 Å². The third-order valence-corrected chi connectivity index (χ3v) is 3.40. The summed E-state index contributed by atoms with van der Waals surface area (Å²) in [4.78, 5) is 3.93. The lowest BCUT2D eigenvalue weighted by Gasteiger charge is -2.21. The highest BCUT2D eigenvalue weighted by molar-refractivity contribution is 6.30. The number of ether oxygens (including phenoxy) is 1. The lowest BCUT2D eigenvalue weighted by molar-refractivity contribution is 0.403. The van der Waals surface area contributed by atoms with Crippen molar-refractivity contribution in [1.82, 2.24) is 10.3 Å². The van der Waals surface area contributed by atoms with E-state index in [1.807, 2.05) is 6.07 Å². The Bertz CT molecular complexity index is 607. The zero-order valence-corrected chi connectivity index (χ0v) is 12.8. The summed E-state index contributed by atoms with van der Waals surface area (Å²) in [7, 11) is 1.59. The molecule has 0 radical (unpaired) electrons. The fraction of sp³-hybridized carbons (Fsp3) is 0.312. The van der Waals surface area contributed by atoms with E-state index in [1.165, 1.54) is 12.3 Å². The van der Waals surface area contributed by atoms with E-state index in [9.17, 15) is 4.39 Å². The van der Waals surface area contributed by atoms with Crippen molar-refractivity contribution in [3.63, 3.8) is 0 Å². The van der Waals surface area contributed by atoms with Gasteiger partial charge in [0.05, 0.1) is 19.3 Å². The summed E-state index contributed by atoms with van der Waals surface area (Å²) in [5, 5.41) is 3.99. The lowest BCUT2D eigenvalue weighted by Crippen LogP contribution is -2.24. The number of benzene rings is 1. The van der Waals surface area contributed by atoms with Gasteiger partial charge in [-0.2, -0.15) is 0 Å². The van der Waals surface area contributed by atoms with Crippen LogP contribution in [-0.4, -0.2) is 18.6 Å². The van der Waals surface area contributed by atoms with Crippen molar-refractivity contribution in [3.05, 3.63) is 58.6 Å². The van der Waals surface area contributed by atoms with Gasteiger partial charge in [-0.05, 0) is 36.7 Å². The Hall–Kier alpha value is -1.65. The van der Waals surface area contributed by atoms with E-state index >= 15 is 0 Å². The maximum Gasteiger partial charge on any atom is 0.141 e. The minimum atomic E-state index is -0.358. The summed E-state index contributed by atoms with van der Waals surface area (Å²) >= 11 is 6.00. The first-order chi connectivity index (χ1) is 10.2. The zero-order valence-electron chi connectivity index (χ0n) is 12.1. The molecule has 1 unspecified atom stereocenters. The van der Waals surface area contributed by atoms with Gasteiger partial charge < -0.3 is 10.1 Å². The monoisotopic (exact) mass is 308 g/mol. The molecule has 1 aromatic carbocycles. The molecule has 21 heavy (non-hydrogen) atoms. The Morgan fingerprint density at radius 2 is 2.14 bits per heavy atom. The van der Waals surface area contributed by atoms with E-state index in [-0.39, 0.29) is 11.9 Å². The number of hydrogen-bond acceptors (Lipinski definition) is 3. The SMILES string of the molecule is CCCNC(c1cncc(F)c1)c1ccc(Cl)cc1OC. The third kappa shape index (κ3) is 3.93. The molecule has 1 aromatic heterocycles. The van der Waals surface area contributed by atoms with Crippen LogP contribution in [0.15, 0.2) is 36.7 Å². The van der Waals surface area contributed by atoms with Crippen LogP contribution in [0.5, 0.6) is 5.75 Å². The molecule has 1 atom stereocenters. The van der Waals surface area contributed by atoms with Crippen molar-refractivity contribution in [1.29, 1.82) is 0 Å². The molecule has 3 nitrogen and oxygen atoms in total. The van der Waals surface area contributed by atoms with E-state index in [2.05, 4.69) is 17.2 Å². The highest BCUT2D eigenvalue weighted by Gasteiger charge is 2.18. The molecule has 2 rings (SSSR count). The number of pyridine rings is 1. The van der Waals surface area contributed by atoms with Gasteiger partial charge in [0, 0.05) is 16.8 Å². The summed E-state index contributed by atoms with van der Waals surface area (Å²) in [5.41, 5.74) is 1.66. The van der Waals surface area contributed by atoms with Crippen LogP contribution in [0.1, 0.15) is 30.5 Å². The number of rotatable bonds is 6. The number of methoxy groups -OCH3 is 1. The highest BCUT2D eigenvalue weighted by Crippen LogP contribution is 2.32. The number of nitrogens with zero attached hydrogens (tertiary/aromatic N) is 1. The van der Waals surface area contributed by atoms with Crippen LogP contribution in [0.3, 0.4) is 0 Å². The molecule has 0 fully saturated rings. The molecule has 0 bridgehead atoms. The average Bonchev–Trinajstić information content (AvgIpc) is 2.49. The van der Waals surface area contributed by atoms with Gasteiger partial charge in [-0.15, -0.1) is 0 Å². The molecule has 1 N–H and O–H groups in total. The van der Waals surface area contributed by atoms with Gasteiger partial charge in [0.2, 0.25) is 0 Å². The number of hydrogen-bond donors (Lipinski definition) is 1. The Labute approximate surface area is 129 Å². The van der Waals surface area contributed by atoms with Crippen molar-refractivity contribution in [2.45, 2.75) is 19.4 Å². The molecule has 0 aliphatic carbocycles. The van der Waals surface area contributed by atoms with Crippen molar-refractivity contribution in [2.24, 2.45) is 0 Å². The summed E-state index contributed by atoms with van der Waals surface area (Å²) in [5.74, 6) is 0.309. The minimum Gasteiger partial charge on any atom is -0.496 e. The molecular weight excluding hydrogens is 291 g/mol. The van der Waals surface area contributed by atoms with Gasteiger partial charge in [-0.25, -0.2) is 4.39 Å². The molecule has 112 valence electrons. The lowest BCUT2D eigenvalue weighted by atomic mass is 9.99. The molecule has 0 amide bonds. The first-order valence-electron chi connectivity index (χ1n) is 6.83. The smallest absolute Gasteiger partial charge is 0.141 e. The van der Waals surface area contributed by atoms with Crippen LogP contribution in [0.2, 0.25) is 5.02 Å². The molecule has 0 saturated heterocycles. The second kappa shape index (κ2) is 7.38. The Kier molecular flexibility index (Phi) is 5.53. The Morgan fingerprint density at radius 1 is 1.33 bits per heavy atom. The van der Waals surface area contributed by atoms with Crippen molar-refractivity contribution in [2.75, 3.05) is 13.7 Å². The van der Waals surface area contributed by atoms with Crippen LogP contribution in [0, 0.1) is 5.82 Å². The largest absolute Gasteiger partial charge is 0.496 e. The standard InChI is InChI=1S/C16H18ClFN2O/c1-3-6-20-16(11-7-13(18)10-19-9-11)14-5-4-12(17)8-15(14)21-2/h4-5,7-10,16,20H,3,6H2,1-2H3. The molecule has 2 aromatic rings. The number of halogens is 2. The van der Waals surface area contributed by atoms with Crippen molar-refractivity contribution in [3.8, 4) is 5.75 Å². The summed E-state index contributed by atoms with van der Waals surface area (Å²) < 4.78 is 18.9.